The molecule has 18 heavy (non-hydrogen) atoms. The highest BCUT2D eigenvalue weighted by Gasteiger charge is 2.33. The van der Waals surface area contributed by atoms with Crippen molar-refractivity contribution in [2.75, 3.05) is 26.1 Å². The van der Waals surface area contributed by atoms with Crippen LogP contribution in [0.3, 0.4) is 0 Å². The zero-order valence-electron chi connectivity index (χ0n) is 11.4. The third-order valence-electron chi connectivity index (χ3n) is 2.88. The Labute approximate surface area is 108 Å². The second-order valence-corrected chi connectivity index (χ2v) is 4.56. The minimum absolute atomic E-state index is 0.291. The van der Waals surface area contributed by atoms with E-state index in [1.807, 2.05) is 38.1 Å². The Morgan fingerprint density at radius 1 is 1.39 bits per heavy atom. The molecule has 0 amide bonds. The third kappa shape index (κ3) is 3.74. The van der Waals surface area contributed by atoms with E-state index < -0.39 is 5.54 Å². The first-order valence-electron chi connectivity index (χ1n) is 5.94. The Hall–Kier alpha value is -1.55. The molecule has 0 spiro atoms. The summed E-state index contributed by atoms with van der Waals surface area (Å²) in [6, 6.07) is 7.89. The zero-order chi connectivity index (χ0) is 13.6. The van der Waals surface area contributed by atoms with Gasteiger partial charge in [0, 0.05) is 25.8 Å². The van der Waals surface area contributed by atoms with Gasteiger partial charge >= 0.3 is 5.97 Å². The molecule has 1 aromatic carbocycles. The van der Waals surface area contributed by atoms with Gasteiger partial charge in [-0.3, -0.25) is 0 Å². The van der Waals surface area contributed by atoms with Crippen molar-refractivity contribution in [1.29, 1.82) is 0 Å². The molecule has 0 heterocycles. The van der Waals surface area contributed by atoms with Crippen LogP contribution < -0.4 is 5.32 Å². The molecule has 0 aliphatic carbocycles. The van der Waals surface area contributed by atoms with Crippen LogP contribution in [0.15, 0.2) is 24.3 Å². The van der Waals surface area contributed by atoms with Gasteiger partial charge in [-0.05, 0) is 31.5 Å². The van der Waals surface area contributed by atoms with Crippen LogP contribution in [-0.2, 0) is 14.3 Å². The summed E-state index contributed by atoms with van der Waals surface area (Å²) in [5.74, 6) is -0.291. The number of hydrogen-bond donors (Lipinski definition) is 1. The summed E-state index contributed by atoms with van der Waals surface area (Å²) in [6.07, 6.45) is 0.546. The van der Waals surface area contributed by atoms with Crippen LogP contribution in [0.2, 0.25) is 0 Å². The largest absolute Gasteiger partial charge is 0.467 e. The maximum Gasteiger partial charge on any atom is 0.331 e. The number of carbonyl (C=O) groups excluding carboxylic acids is 1. The van der Waals surface area contributed by atoms with Crippen molar-refractivity contribution >= 4 is 11.7 Å². The SMILES string of the molecule is COCCC(C)(Nc1cccc(C)c1)C(=O)OC. The number of nitrogens with one attached hydrogen (secondary N) is 1. The highest BCUT2D eigenvalue weighted by Crippen LogP contribution is 2.21. The molecule has 0 aromatic heterocycles. The van der Waals surface area contributed by atoms with Crippen molar-refractivity contribution in [3.63, 3.8) is 0 Å². The van der Waals surface area contributed by atoms with Gasteiger partial charge in [0.05, 0.1) is 7.11 Å². The zero-order valence-corrected chi connectivity index (χ0v) is 11.4. The van der Waals surface area contributed by atoms with Crippen LogP contribution >= 0.6 is 0 Å². The number of methoxy groups -OCH3 is 2. The molecule has 1 rings (SSSR count). The molecule has 1 N–H and O–H groups in total. The molecule has 0 saturated heterocycles. The van der Waals surface area contributed by atoms with Crippen molar-refractivity contribution in [1.82, 2.24) is 0 Å². The van der Waals surface area contributed by atoms with E-state index in [0.717, 1.165) is 11.3 Å². The molecule has 0 radical (unpaired) electrons. The van der Waals surface area contributed by atoms with Crippen molar-refractivity contribution in [3.8, 4) is 0 Å². The molecule has 0 saturated carbocycles. The Morgan fingerprint density at radius 3 is 2.67 bits per heavy atom. The average Bonchev–Trinajstić information content (AvgIpc) is 2.35. The minimum Gasteiger partial charge on any atom is -0.467 e. The molecule has 1 atom stereocenters. The fourth-order valence-electron chi connectivity index (χ4n) is 1.79. The predicted molar refractivity (Wildman–Crippen MR) is 71.7 cm³/mol. The summed E-state index contributed by atoms with van der Waals surface area (Å²) >= 11 is 0. The van der Waals surface area contributed by atoms with E-state index in [1.54, 1.807) is 7.11 Å². The van der Waals surface area contributed by atoms with Gasteiger partial charge in [0.15, 0.2) is 0 Å². The van der Waals surface area contributed by atoms with E-state index in [9.17, 15) is 4.79 Å². The monoisotopic (exact) mass is 251 g/mol. The molecule has 4 nitrogen and oxygen atoms in total. The molecule has 1 unspecified atom stereocenters. The lowest BCUT2D eigenvalue weighted by atomic mass is 9.97. The Kier molecular flexibility index (Phi) is 5.16. The van der Waals surface area contributed by atoms with Crippen LogP contribution in [0.5, 0.6) is 0 Å². The van der Waals surface area contributed by atoms with Crippen molar-refractivity contribution in [2.45, 2.75) is 25.8 Å². The maximum absolute atomic E-state index is 11.9. The van der Waals surface area contributed by atoms with Crippen molar-refractivity contribution in [2.24, 2.45) is 0 Å². The van der Waals surface area contributed by atoms with Gasteiger partial charge < -0.3 is 14.8 Å². The quantitative estimate of drug-likeness (QED) is 0.789. The van der Waals surface area contributed by atoms with Gasteiger partial charge in [0.1, 0.15) is 5.54 Å². The van der Waals surface area contributed by atoms with Gasteiger partial charge in [0.2, 0.25) is 0 Å². The van der Waals surface area contributed by atoms with Crippen LogP contribution in [0.4, 0.5) is 5.69 Å². The maximum atomic E-state index is 11.9. The third-order valence-corrected chi connectivity index (χ3v) is 2.88. The number of ether oxygens (including phenoxy) is 2. The first kappa shape index (κ1) is 14.5. The number of esters is 1. The molecular formula is C14H21NO3. The van der Waals surface area contributed by atoms with Gasteiger partial charge in [-0.2, -0.15) is 0 Å². The first-order valence-corrected chi connectivity index (χ1v) is 5.94. The molecular weight excluding hydrogens is 230 g/mol. The molecule has 100 valence electrons. The standard InChI is InChI=1S/C14H21NO3/c1-11-6-5-7-12(10-11)15-14(2,8-9-17-3)13(16)18-4/h5-7,10,15H,8-9H2,1-4H3. The fourth-order valence-corrected chi connectivity index (χ4v) is 1.79. The van der Waals surface area contributed by atoms with E-state index in [1.165, 1.54) is 7.11 Å². The number of carbonyl (C=O) groups is 1. The molecule has 0 fully saturated rings. The van der Waals surface area contributed by atoms with Crippen molar-refractivity contribution in [3.05, 3.63) is 29.8 Å². The first-order chi connectivity index (χ1) is 8.51. The second kappa shape index (κ2) is 6.40. The summed E-state index contributed by atoms with van der Waals surface area (Å²) in [6.45, 7) is 4.32. The lowest BCUT2D eigenvalue weighted by molar-refractivity contribution is -0.146. The number of benzene rings is 1. The summed E-state index contributed by atoms with van der Waals surface area (Å²) in [4.78, 5) is 11.9. The number of rotatable bonds is 6. The average molecular weight is 251 g/mol. The summed E-state index contributed by atoms with van der Waals surface area (Å²) in [5.41, 5.74) is 1.26. The lowest BCUT2D eigenvalue weighted by Crippen LogP contribution is -2.45. The Balaban J connectivity index is 2.87. The van der Waals surface area contributed by atoms with E-state index in [4.69, 9.17) is 9.47 Å². The lowest BCUT2D eigenvalue weighted by Gasteiger charge is -2.29. The molecule has 4 heteroatoms. The van der Waals surface area contributed by atoms with Crippen molar-refractivity contribution < 1.29 is 14.3 Å². The second-order valence-electron chi connectivity index (χ2n) is 4.56. The summed E-state index contributed by atoms with van der Waals surface area (Å²) in [7, 11) is 3.01. The van der Waals surface area contributed by atoms with Crippen LogP contribution in [0.25, 0.3) is 0 Å². The predicted octanol–water partition coefficient (Wildman–Crippen LogP) is 2.38. The smallest absolute Gasteiger partial charge is 0.331 e. The topological polar surface area (TPSA) is 47.6 Å². The van der Waals surface area contributed by atoms with E-state index >= 15 is 0 Å². The number of aryl methyl sites for hydroxylation is 1. The van der Waals surface area contributed by atoms with Gasteiger partial charge in [-0.1, -0.05) is 12.1 Å². The minimum atomic E-state index is -0.779. The molecule has 0 aliphatic rings. The van der Waals surface area contributed by atoms with Crippen LogP contribution in [-0.4, -0.2) is 32.3 Å². The normalized spacial score (nSPS) is 13.8. The molecule has 0 bridgehead atoms. The van der Waals surface area contributed by atoms with Crippen LogP contribution in [0, 0.1) is 6.92 Å². The Bertz CT molecular complexity index is 406. The number of anilines is 1. The highest BCUT2D eigenvalue weighted by molar-refractivity contribution is 5.84. The van der Waals surface area contributed by atoms with Gasteiger partial charge in [-0.15, -0.1) is 0 Å². The van der Waals surface area contributed by atoms with Gasteiger partial charge in [-0.25, -0.2) is 4.79 Å². The fraction of sp³-hybridized carbons (Fsp3) is 0.500. The highest BCUT2D eigenvalue weighted by atomic mass is 16.5. The Morgan fingerprint density at radius 2 is 2.11 bits per heavy atom. The van der Waals surface area contributed by atoms with E-state index in [2.05, 4.69) is 5.32 Å². The van der Waals surface area contributed by atoms with E-state index in [-0.39, 0.29) is 5.97 Å². The van der Waals surface area contributed by atoms with E-state index in [0.29, 0.717) is 13.0 Å². The molecule has 0 aliphatic heterocycles. The molecule has 1 aromatic rings. The van der Waals surface area contributed by atoms with Gasteiger partial charge in [0.25, 0.3) is 0 Å². The van der Waals surface area contributed by atoms with Crippen LogP contribution in [0.1, 0.15) is 18.9 Å². The number of hydrogen-bond acceptors (Lipinski definition) is 4. The summed E-state index contributed by atoms with van der Waals surface area (Å²) < 4.78 is 9.90. The summed E-state index contributed by atoms with van der Waals surface area (Å²) in [5, 5.41) is 3.23.